The van der Waals surface area contributed by atoms with E-state index in [1.54, 1.807) is 13.1 Å². The summed E-state index contributed by atoms with van der Waals surface area (Å²) in [7, 11) is -2.98. The lowest BCUT2D eigenvalue weighted by Crippen LogP contribution is -2.52. The molecule has 2 atom stereocenters. The van der Waals surface area contributed by atoms with Crippen LogP contribution in [0.3, 0.4) is 0 Å². The van der Waals surface area contributed by atoms with Gasteiger partial charge in [-0.2, -0.15) is 0 Å². The molecule has 8 nitrogen and oxygen atoms in total. The number of nitrogens with one attached hydrogen (secondary N) is 2. The van der Waals surface area contributed by atoms with Crippen LogP contribution in [0.15, 0.2) is 48.8 Å². The van der Waals surface area contributed by atoms with Crippen LogP contribution in [-0.4, -0.2) is 53.7 Å². The molecule has 3 heterocycles. The van der Waals surface area contributed by atoms with Crippen molar-refractivity contribution in [1.29, 1.82) is 0 Å². The van der Waals surface area contributed by atoms with Crippen LogP contribution in [0.2, 0.25) is 0 Å². The van der Waals surface area contributed by atoms with Crippen molar-refractivity contribution < 1.29 is 22.7 Å². The average molecular weight is 526 g/mol. The standard InChI is InChI=1S/C28H35N3O5S/c1-3-6-23(36-24-15-21-13-14-29-28(21)30-16-24)10-11-25(19(2)32)26-8-5-4-7-20(26)9-12-27(33)31-22-17-37(34,35)18-22/h4-5,7-8,13-16,22-23,25H,3,6,9-12,17-18H2,1-2H3,(H,29,30)(H,31,33). The molecular formula is C28H35N3O5S. The maximum absolute atomic E-state index is 12.7. The number of ether oxygens (including phenoxy) is 1. The molecule has 1 saturated heterocycles. The van der Waals surface area contributed by atoms with E-state index >= 15 is 0 Å². The topological polar surface area (TPSA) is 118 Å². The summed E-state index contributed by atoms with van der Waals surface area (Å²) in [6, 6.07) is 11.4. The largest absolute Gasteiger partial charge is 0.489 e. The summed E-state index contributed by atoms with van der Waals surface area (Å²) in [5.41, 5.74) is 2.73. The lowest BCUT2D eigenvalue weighted by molar-refractivity contribution is -0.121. The lowest BCUT2D eigenvalue weighted by Gasteiger charge is -2.26. The minimum atomic E-state index is -2.98. The number of sulfone groups is 1. The molecule has 1 aromatic carbocycles. The number of aromatic nitrogens is 2. The molecule has 9 heteroatoms. The smallest absolute Gasteiger partial charge is 0.220 e. The average Bonchev–Trinajstić information content (AvgIpc) is 3.30. The SMILES string of the molecule is CCCC(CCC(C(C)=O)c1ccccc1CCC(=O)NC1CS(=O)(=O)C1)Oc1cnc2[nH]ccc2c1. The van der Waals surface area contributed by atoms with Crippen molar-refractivity contribution in [1.82, 2.24) is 15.3 Å². The van der Waals surface area contributed by atoms with Crippen LogP contribution in [0, 0.1) is 0 Å². The highest BCUT2D eigenvalue weighted by Crippen LogP contribution is 2.29. The van der Waals surface area contributed by atoms with E-state index in [-0.39, 0.29) is 47.7 Å². The number of aryl methyl sites for hydroxylation is 1. The second-order valence-corrected chi connectivity index (χ2v) is 12.0. The minimum absolute atomic E-state index is 0.0117. The van der Waals surface area contributed by atoms with Gasteiger partial charge < -0.3 is 15.0 Å². The Morgan fingerprint density at radius 1 is 1.16 bits per heavy atom. The highest BCUT2D eigenvalue weighted by molar-refractivity contribution is 7.92. The molecule has 0 spiro atoms. The quantitative estimate of drug-likeness (QED) is 0.347. The number of carbonyl (C=O) groups excluding carboxylic acids is 2. The van der Waals surface area contributed by atoms with Crippen LogP contribution >= 0.6 is 0 Å². The van der Waals surface area contributed by atoms with Gasteiger partial charge in [0.1, 0.15) is 17.2 Å². The van der Waals surface area contributed by atoms with E-state index in [9.17, 15) is 18.0 Å². The molecule has 0 radical (unpaired) electrons. The lowest BCUT2D eigenvalue weighted by atomic mass is 9.85. The molecule has 4 rings (SSSR count). The number of aromatic amines is 1. The van der Waals surface area contributed by atoms with Crippen LogP contribution in [0.4, 0.5) is 0 Å². The number of hydrogen-bond acceptors (Lipinski definition) is 6. The number of rotatable bonds is 13. The molecule has 1 aliphatic rings. The number of nitrogens with zero attached hydrogens (tertiary/aromatic N) is 1. The van der Waals surface area contributed by atoms with Gasteiger partial charge in [0.2, 0.25) is 5.91 Å². The summed E-state index contributed by atoms with van der Waals surface area (Å²) in [4.78, 5) is 32.6. The van der Waals surface area contributed by atoms with Gasteiger partial charge in [-0.15, -0.1) is 0 Å². The first kappa shape index (κ1) is 26.9. The van der Waals surface area contributed by atoms with Gasteiger partial charge in [0.25, 0.3) is 0 Å². The zero-order chi connectivity index (χ0) is 26.4. The Bertz CT molecular complexity index is 1340. The Hall–Kier alpha value is -3.20. The second kappa shape index (κ2) is 11.9. The second-order valence-electron chi connectivity index (χ2n) is 9.90. The monoisotopic (exact) mass is 525 g/mol. The predicted octanol–water partition coefficient (Wildman–Crippen LogP) is 4.11. The van der Waals surface area contributed by atoms with Gasteiger partial charge in [-0.3, -0.25) is 9.59 Å². The molecule has 198 valence electrons. The van der Waals surface area contributed by atoms with Gasteiger partial charge in [-0.05, 0) is 55.9 Å². The van der Waals surface area contributed by atoms with Crippen molar-refractivity contribution in [3.63, 3.8) is 0 Å². The molecule has 2 N–H and O–H groups in total. The summed E-state index contributed by atoms with van der Waals surface area (Å²) in [5, 5.41) is 3.78. The first-order chi connectivity index (χ1) is 17.7. The number of pyridine rings is 1. The van der Waals surface area contributed by atoms with Crippen molar-refractivity contribution in [3.8, 4) is 5.75 Å². The van der Waals surface area contributed by atoms with Crippen molar-refractivity contribution >= 4 is 32.6 Å². The van der Waals surface area contributed by atoms with E-state index in [4.69, 9.17) is 4.74 Å². The molecule has 37 heavy (non-hydrogen) atoms. The number of hydrogen-bond donors (Lipinski definition) is 2. The molecular weight excluding hydrogens is 490 g/mol. The van der Waals surface area contributed by atoms with Crippen LogP contribution < -0.4 is 10.1 Å². The molecule has 1 amide bonds. The number of ketones is 1. The Balaban J connectivity index is 1.39. The number of H-pyrrole nitrogens is 1. The Kier molecular flexibility index (Phi) is 8.63. The van der Waals surface area contributed by atoms with E-state index in [1.807, 2.05) is 42.6 Å². The van der Waals surface area contributed by atoms with Crippen molar-refractivity contribution in [2.24, 2.45) is 0 Å². The van der Waals surface area contributed by atoms with E-state index in [0.717, 1.165) is 40.8 Å². The predicted molar refractivity (Wildman–Crippen MR) is 143 cm³/mol. The normalized spacial score (nSPS) is 16.6. The van der Waals surface area contributed by atoms with Crippen LogP contribution in [0.1, 0.15) is 63.0 Å². The number of benzene rings is 1. The van der Waals surface area contributed by atoms with Crippen molar-refractivity contribution in [3.05, 3.63) is 59.9 Å². The van der Waals surface area contributed by atoms with Gasteiger partial charge in [-0.1, -0.05) is 37.6 Å². The first-order valence-corrected chi connectivity index (χ1v) is 14.7. The van der Waals surface area contributed by atoms with Gasteiger partial charge in [0.15, 0.2) is 9.84 Å². The number of Topliss-reactive ketones (excluding diaryl/α,β-unsaturated/α-hetero) is 1. The van der Waals surface area contributed by atoms with Crippen LogP contribution in [-0.2, 0) is 25.8 Å². The van der Waals surface area contributed by atoms with E-state index < -0.39 is 9.84 Å². The van der Waals surface area contributed by atoms with Gasteiger partial charge in [0, 0.05) is 23.9 Å². The fourth-order valence-corrected chi connectivity index (χ4v) is 6.28. The number of carbonyl (C=O) groups is 2. The maximum Gasteiger partial charge on any atom is 0.220 e. The van der Waals surface area contributed by atoms with Crippen molar-refractivity contribution in [2.75, 3.05) is 11.5 Å². The van der Waals surface area contributed by atoms with E-state index in [2.05, 4.69) is 22.2 Å². The van der Waals surface area contributed by atoms with E-state index in [1.165, 1.54) is 0 Å². The molecule has 2 aromatic heterocycles. The third kappa shape index (κ3) is 7.19. The Morgan fingerprint density at radius 3 is 2.68 bits per heavy atom. The van der Waals surface area contributed by atoms with Gasteiger partial charge in [0.05, 0.1) is 29.8 Å². The summed E-state index contributed by atoms with van der Waals surface area (Å²) in [6.45, 7) is 3.73. The minimum Gasteiger partial charge on any atom is -0.489 e. The zero-order valence-corrected chi connectivity index (χ0v) is 22.2. The highest BCUT2D eigenvalue weighted by atomic mass is 32.2. The summed E-state index contributed by atoms with van der Waals surface area (Å²) in [6.07, 6.45) is 7.46. The Morgan fingerprint density at radius 2 is 1.95 bits per heavy atom. The number of fused-ring (bicyclic) bond motifs is 1. The molecule has 3 aromatic rings. The molecule has 0 bridgehead atoms. The highest BCUT2D eigenvalue weighted by Gasteiger charge is 2.34. The first-order valence-electron chi connectivity index (χ1n) is 12.9. The molecule has 1 aliphatic heterocycles. The zero-order valence-electron chi connectivity index (χ0n) is 21.4. The molecule has 0 aliphatic carbocycles. The van der Waals surface area contributed by atoms with Crippen LogP contribution in [0.25, 0.3) is 11.0 Å². The fraction of sp³-hybridized carbons (Fsp3) is 0.464. The Labute approximate surface area is 218 Å². The molecule has 2 unspecified atom stereocenters. The third-order valence-corrected chi connectivity index (χ3v) is 8.70. The summed E-state index contributed by atoms with van der Waals surface area (Å²) < 4.78 is 29.0. The summed E-state index contributed by atoms with van der Waals surface area (Å²) >= 11 is 0. The van der Waals surface area contributed by atoms with Gasteiger partial charge >= 0.3 is 0 Å². The summed E-state index contributed by atoms with van der Waals surface area (Å²) in [5.74, 6) is 0.371. The number of amides is 1. The third-order valence-electron chi connectivity index (χ3n) is 6.88. The maximum atomic E-state index is 12.7. The van der Waals surface area contributed by atoms with Crippen molar-refractivity contribution in [2.45, 2.75) is 70.4 Å². The fourth-order valence-electron chi connectivity index (χ4n) is 4.99. The van der Waals surface area contributed by atoms with E-state index in [0.29, 0.717) is 19.3 Å². The molecule has 0 saturated carbocycles. The van der Waals surface area contributed by atoms with Gasteiger partial charge in [-0.25, -0.2) is 13.4 Å². The van der Waals surface area contributed by atoms with Crippen LogP contribution in [0.5, 0.6) is 5.75 Å². The molecule has 1 fully saturated rings.